The van der Waals surface area contributed by atoms with Gasteiger partial charge in [-0.2, -0.15) is 4.68 Å². The summed E-state index contributed by atoms with van der Waals surface area (Å²) in [6.07, 6.45) is 1.49. The molecule has 5 aromatic rings. The normalized spacial score (nSPS) is 10.9. The Morgan fingerprint density at radius 3 is 2.32 bits per heavy atom. The van der Waals surface area contributed by atoms with Gasteiger partial charge in [0, 0.05) is 0 Å². The monoisotopic (exact) mass is 414 g/mol. The summed E-state index contributed by atoms with van der Waals surface area (Å²) >= 11 is 0. The number of aromatic nitrogens is 6. The summed E-state index contributed by atoms with van der Waals surface area (Å²) in [6, 6.07) is 21.0. The van der Waals surface area contributed by atoms with Gasteiger partial charge in [-0.05, 0) is 52.4 Å². The topological polar surface area (TPSA) is 91.8 Å². The molecule has 0 unspecified atom stereocenters. The minimum atomic E-state index is -0.288. The Balaban J connectivity index is 1.44. The molecule has 2 heterocycles. The van der Waals surface area contributed by atoms with E-state index in [9.17, 15) is 4.39 Å². The summed E-state index contributed by atoms with van der Waals surface area (Å²) in [5.41, 5.74) is 2.91. The Kier molecular flexibility index (Phi) is 4.89. The Morgan fingerprint density at radius 2 is 1.55 bits per heavy atom. The van der Waals surface area contributed by atoms with Crippen molar-refractivity contribution in [1.82, 2.24) is 30.4 Å². The second-order valence-electron chi connectivity index (χ2n) is 6.60. The molecule has 8 nitrogen and oxygen atoms in total. The van der Waals surface area contributed by atoms with Gasteiger partial charge in [0.05, 0.1) is 16.8 Å². The highest BCUT2D eigenvalue weighted by molar-refractivity contribution is 5.68. The van der Waals surface area contributed by atoms with Crippen molar-refractivity contribution in [2.24, 2.45) is 0 Å². The van der Waals surface area contributed by atoms with E-state index in [0.717, 1.165) is 5.56 Å². The highest BCUT2D eigenvalue weighted by Crippen LogP contribution is 2.33. The van der Waals surface area contributed by atoms with Crippen LogP contribution in [0.3, 0.4) is 0 Å². The molecule has 0 saturated carbocycles. The van der Waals surface area contributed by atoms with Crippen molar-refractivity contribution in [3.8, 4) is 34.3 Å². The summed E-state index contributed by atoms with van der Waals surface area (Å²) in [6.45, 7) is 0.278. The number of nitrogens with zero attached hydrogens (tertiary/aromatic N) is 6. The number of ether oxygens (including phenoxy) is 1. The zero-order chi connectivity index (χ0) is 21.0. The second kappa shape index (κ2) is 8.15. The molecule has 0 fully saturated rings. The first-order valence-electron chi connectivity index (χ1n) is 9.41. The molecule has 152 valence electrons. The smallest absolute Gasteiger partial charge is 0.251 e. The molecule has 9 heteroatoms. The van der Waals surface area contributed by atoms with E-state index in [1.54, 1.807) is 12.1 Å². The van der Waals surface area contributed by atoms with Crippen LogP contribution in [0.4, 0.5) is 4.39 Å². The third-order valence-corrected chi connectivity index (χ3v) is 4.58. The molecule has 0 N–H and O–H groups in total. The predicted octanol–water partition coefficient (Wildman–Crippen LogP) is 4.10. The van der Waals surface area contributed by atoms with Crippen LogP contribution in [0.1, 0.15) is 5.56 Å². The molecule has 0 bridgehead atoms. The highest BCUT2D eigenvalue weighted by Gasteiger charge is 2.17. The highest BCUT2D eigenvalue weighted by atomic mass is 19.1. The molecule has 3 aromatic carbocycles. The van der Waals surface area contributed by atoms with E-state index in [2.05, 4.69) is 25.7 Å². The summed E-state index contributed by atoms with van der Waals surface area (Å²) in [5.74, 6) is 0.936. The van der Waals surface area contributed by atoms with Crippen molar-refractivity contribution in [2.75, 3.05) is 0 Å². The van der Waals surface area contributed by atoms with Crippen molar-refractivity contribution in [1.29, 1.82) is 0 Å². The molecule has 0 amide bonds. The van der Waals surface area contributed by atoms with Gasteiger partial charge in [0.2, 0.25) is 5.89 Å². The van der Waals surface area contributed by atoms with Crippen LogP contribution in [0.5, 0.6) is 5.75 Å². The lowest BCUT2D eigenvalue weighted by Crippen LogP contribution is -1.98. The van der Waals surface area contributed by atoms with Gasteiger partial charge < -0.3 is 9.15 Å². The molecule has 5 rings (SSSR count). The quantitative estimate of drug-likeness (QED) is 0.413. The molecule has 0 saturated heterocycles. The van der Waals surface area contributed by atoms with Crippen LogP contribution >= 0.6 is 0 Å². The van der Waals surface area contributed by atoms with Crippen LogP contribution < -0.4 is 4.74 Å². The van der Waals surface area contributed by atoms with Gasteiger partial charge in [0.15, 0.2) is 0 Å². The van der Waals surface area contributed by atoms with E-state index >= 15 is 0 Å². The van der Waals surface area contributed by atoms with Crippen molar-refractivity contribution < 1.29 is 13.5 Å². The average Bonchev–Trinajstić information content (AvgIpc) is 3.52. The van der Waals surface area contributed by atoms with Crippen LogP contribution in [0.2, 0.25) is 0 Å². The summed E-state index contributed by atoms with van der Waals surface area (Å²) < 4.78 is 26.5. The molecule has 0 radical (unpaired) electrons. The molecule has 2 aromatic heterocycles. The van der Waals surface area contributed by atoms with Crippen molar-refractivity contribution >= 4 is 0 Å². The van der Waals surface area contributed by atoms with Gasteiger partial charge in [0.1, 0.15) is 24.5 Å². The first kappa shape index (κ1) is 18.6. The molecule has 0 aliphatic heterocycles. The zero-order valence-corrected chi connectivity index (χ0v) is 16.1. The van der Waals surface area contributed by atoms with Crippen LogP contribution in [-0.4, -0.2) is 30.4 Å². The molecule has 0 aliphatic carbocycles. The van der Waals surface area contributed by atoms with E-state index in [0.29, 0.717) is 34.3 Å². The Hall–Kier alpha value is -4.40. The van der Waals surface area contributed by atoms with Gasteiger partial charge in [-0.25, -0.2) is 4.39 Å². The van der Waals surface area contributed by atoms with Gasteiger partial charge in [-0.3, -0.25) is 0 Å². The van der Waals surface area contributed by atoms with Crippen LogP contribution in [0.15, 0.2) is 83.5 Å². The number of tetrazole rings is 1. The SMILES string of the molecule is Fc1ccc(COc2ccccc2-c2nnc(-c3ccccc3-n3cnnn3)o2)cc1. The third kappa shape index (κ3) is 3.88. The number of para-hydroxylation sites is 2. The predicted molar refractivity (Wildman–Crippen MR) is 109 cm³/mol. The minimum Gasteiger partial charge on any atom is -0.488 e. The molecular formula is C22H15FN6O2. The van der Waals surface area contributed by atoms with Gasteiger partial charge in [-0.1, -0.05) is 36.4 Å². The summed E-state index contributed by atoms with van der Waals surface area (Å²) in [4.78, 5) is 0. The fourth-order valence-electron chi connectivity index (χ4n) is 3.08. The molecule has 31 heavy (non-hydrogen) atoms. The number of hydrogen-bond acceptors (Lipinski definition) is 7. The van der Waals surface area contributed by atoms with E-state index in [-0.39, 0.29) is 12.4 Å². The molecular weight excluding hydrogens is 399 g/mol. The lowest BCUT2D eigenvalue weighted by atomic mass is 10.2. The Bertz CT molecular complexity index is 1300. The summed E-state index contributed by atoms with van der Waals surface area (Å²) in [5, 5.41) is 19.7. The first-order chi connectivity index (χ1) is 15.3. The minimum absolute atomic E-state index is 0.278. The fourth-order valence-corrected chi connectivity index (χ4v) is 3.08. The second-order valence-corrected chi connectivity index (χ2v) is 6.60. The number of rotatable bonds is 6. The lowest BCUT2D eigenvalue weighted by molar-refractivity contribution is 0.306. The largest absolute Gasteiger partial charge is 0.488 e. The Morgan fingerprint density at radius 1 is 0.839 bits per heavy atom. The van der Waals surface area contributed by atoms with Crippen molar-refractivity contribution in [3.05, 3.63) is 90.5 Å². The van der Waals surface area contributed by atoms with Crippen molar-refractivity contribution in [2.45, 2.75) is 6.61 Å². The fraction of sp³-hybridized carbons (Fsp3) is 0.0455. The average molecular weight is 414 g/mol. The van der Waals surface area contributed by atoms with Gasteiger partial charge >= 0.3 is 0 Å². The number of benzene rings is 3. The first-order valence-corrected chi connectivity index (χ1v) is 9.41. The van der Waals surface area contributed by atoms with Crippen LogP contribution in [0.25, 0.3) is 28.6 Å². The molecule has 0 spiro atoms. The molecule has 0 aliphatic rings. The van der Waals surface area contributed by atoms with Crippen LogP contribution in [-0.2, 0) is 6.61 Å². The number of hydrogen-bond donors (Lipinski definition) is 0. The van der Waals surface area contributed by atoms with Crippen LogP contribution in [0, 0.1) is 5.82 Å². The maximum atomic E-state index is 13.1. The number of halogens is 1. The van der Waals surface area contributed by atoms with Crippen molar-refractivity contribution in [3.63, 3.8) is 0 Å². The zero-order valence-electron chi connectivity index (χ0n) is 16.1. The maximum Gasteiger partial charge on any atom is 0.251 e. The third-order valence-electron chi connectivity index (χ3n) is 4.58. The van der Waals surface area contributed by atoms with E-state index in [1.807, 2.05) is 48.5 Å². The van der Waals surface area contributed by atoms with E-state index in [4.69, 9.17) is 9.15 Å². The molecule has 0 atom stereocenters. The Labute approximate surface area is 175 Å². The lowest BCUT2D eigenvalue weighted by Gasteiger charge is -2.09. The summed E-state index contributed by atoms with van der Waals surface area (Å²) in [7, 11) is 0. The maximum absolute atomic E-state index is 13.1. The van der Waals surface area contributed by atoms with Gasteiger partial charge in [-0.15, -0.1) is 15.3 Å². The van der Waals surface area contributed by atoms with E-state index in [1.165, 1.54) is 23.1 Å². The van der Waals surface area contributed by atoms with Gasteiger partial charge in [0.25, 0.3) is 5.89 Å². The van der Waals surface area contributed by atoms with E-state index < -0.39 is 0 Å². The standard InChI is InChI=1S/C22H15FN6O2/c23-16-11-9-15(10-12-16)13-30-20-8-4-2-6-18(20)22-26-25-21(31-22)17-5-1-3-7-19(17)29-14-24-27-28-29/h1-12,14H,13H2.